The molecule has 1 atom stereocenters. The van der Waals surface area contributed by atoms with Crippen LogP contribution in [0.1, 0.15) is 35.8 Å². The number of rotatable bonds is 4. The zero-order valence-electron chi connectivity index (χ0n) is 13.9. The minimum Gasteiger partial charge on any atom is -0.359 e. The summed E-state index contributed by atoms with van der Waals surface area (Å²) >= 11 is 0. The fourth-order valence-corrected chi connectivity index (χ4v) is 3.57. The van der Waals surface area contributed by atoms with Crippen molar-refractivity contribution in [3.63, 3.8) is 0 Å². The van der Waals surface area contributed by atoms with Crippen LogP contribution in [0.25, 0.3) is 11.3 Å². The summed E-state index contributed by atoms with van der Waals surface area (Å²) in [7, 11) is 0. The Balaban J connectivity index is 1.53. The molecule has 1 aliphatic rings. The van der Waals surface area contributed by atoms with E-state index in [2.05, 4.69) is 46.2 Å². The summed E-state index contributed by atoms with van der Waals surface area (Å²) in [6, 6.07) is 15.1. The SMILES string of the molecule is Cc1ccccc1[C@@H]1CCCN1Cc1cc(-c2ccncc2)no1. The standard InChI is InChI=1S/C20H21N3O/c1-15-5-2-3-6-18(15)20-7-4-12-23(20)14-17-13-19(22-24-17)16-8-10-21-11-9-16/h2-3,5-6,8-11,13,20H,4,7,12,14H2,1H3/t20-/m0/s1. The van der Waals surface area contributed by atoms with Crippen LogP contribution in [0.2, 0.25) is 0 Å². The van der Waals surface area contributed by atoms with Crippen molar-refractivity contribution in [3.05, 3.63) is 71.7 Å². The third-order valence-corrected chi connectivity index (χ3v) is 4.81. The molecule has 2 aromatic heterocycles. The van der Waals surface area contributed by atoms with Gasteiger partial charge in [-0.15, -0.1) is 0 Å². The second-order valence-electron chi connectivity index (χ2n) is 6.40. The predicted octanol–water partition coefficient (Wildman–Crippen LogP) is 4.38. The monoisotopic (exact) mass is 319 g/mol. The van der Waals surface area contributed by atoms with Crippen molar-refractivity contribution in [3.8, 4) is 11.3 Å². The second-order valence-corrected chi connectivity index (χ2v) is 6.40. The molecule has 1 saturated heterocycles. The minimum absolute atomic E-state index is 0.473. The molecule has 0 N–H and O–H groups in total. The maximum atomic E-state index is 5.58. The van der Waals surface area contributed by atoms with Gasteiger partial charge in [0, 0.05) is 30.1 Å². The topological polar surface area (TPSA) is 42.2 Å². The Hall–Kier alpha value is -2.46. The predicted molar refractivity (Wildman–Crippen MR) is 93.3 cm³/mol. The number of nitrogens with zero attached hydrogens (tertiary/aromatic N) is 3. The third kappa shape index (κ3) is 2.97. The first-order valence-electron chi connectivity index (χ1n) is 8.47. The molecular formula is C20H21N3O. The fraction of sp³-hybridized carbons (Fsp3) is 0.300. The minimum atomic E-state index is 0.473. The van der Waals surface area contributed by atoms with Gasteiger partial charge in [-0.3, -0.25) is 9.88 Å². The van der Waals surface area contributed by atoms with E-state index in [0.717, 1.165) is 30.1 Å². The highest BCUT2D eigenvalue weighted by Crippen LogP contribution is 2.35. The highest BCUT2D eigenvalue weighted by atomic mass is 16.5. The Labute approximate surface area is 142 Å². The van der Waals surface area contributed by atoms with Gasteiger partial charge in [-0.1, -0.05) is 29.4 Å². The van der Waals surface area contributed by atoms with Crippen molar-refractivity contribution in [1.29, 1.82) is 0 Å². The van der Waals surface area contributed by atoms with Gasteiger partial charge in [0.25, 0.3) is 0 Å². The normalized spacial score (nSPS) is 18.1. The highest BCUT2D eigenvalue weighted by molar-refractivity contribution is 5.57. The Kier molecular flexibility index (Phi) is 4.13. The number of pyridine rings is 1. The van der Waals surface area contributed by atoms with Crippen LogP contribution in [0.15, 0.2) is 59.4 Å². The molecule has 4 rings (SSSR count). The lowest BCUT2D eigenvalue weighted by Gasteiger charge is -2.24. The van der Waals surface area contributed by atoms with E-state index < -0.39 is 0 Å². The molecule has 0 saturated carbocycles. The number of aromatic nitrogens is 2. The van der Waals surface area contributed by atoms with Crippen LogP contribution in [0.3, 0.4) is 0 Å². The Morgan fingerprint density at radius 1 is 1.17 bits per heavy atom. The van der Waals surface area contributed by atoms with E-state index in [-0.39, 0.29) is 0 Å². The molecule has 4 nitrogen and oxygen atoms in total. The van der Waals surface area contributed by atoms with Crippen molar-refractivity contribution in [2.45, 2.75) is 32.4 Å². The first-order chi connectivity index (χ1) is 11.8. The van der Waals surface area contributed by atoms with E-state index in [1.165, 1.54) is 24.0 Å². The average molecular weight is 319 g/mol. The smallest absolute Gasteiger partial charge is 0.151 e. The summed E-state index contributed by atoms with van der Waals surface area (Å²) in [5.41, 5.74) is 4.71. The van der Waals surface area contributed by atoms with Crippen molar-refractivity contribution >= 4 is 0 Å². The zero-order chi connectivity index (χ0) is 16.4. The largest absolute Gasteiger partial charge is 0.359 e. The fourth-order valence-electron chi connectivity index (χ4n) is 3.57. The maximum absolute atomic E-state index is 5.58. The molecule has 0 amide bonds. The molecule has 0 unspecified atom stereocenters. The Bertz CT molecular complexity index is 813. The molecule has 4 heteroatoms. The molecule has 1 aliphatic heterocycles. The van der Waals surface area contributed by atoms with Crippen molar-refractivity contribution in [2.75, 3.05) is 6.54 Å². The van der Waals surface area contributed by atoms with Gasteiger partial charge in [-0.25, -0.2) is 0 Å². The lowest BCUT2D eigenvalue weighted by molar-refractivity contribution is 0.216. The molecule has 24 heavy (non-hydrogen) atoms. The van der Waals surface area contributed by atoms with Crippen LogP contribution < -0.4 is 0 Å². The van der Waals surface area contributed by atoms with E-state index in [1.807, 2.05) is 18.2 Å². The van der Waals surface area contributed by atoms with E-state index in [4.69, 9.17) is 4.52 Å². The Morgan fingerprint density at radius 2 is 2.00 bits per heavy atom. The van der Waals surface area contributed by atoms with Gasteiger partial charge in [-0.05, 0) is 49.6 Å². The van der Waals surface area contributed by atoms with E-state index in [9.17, 15) is 0 Å². The number of aryl methyl sites for hydroxylation is 1. The maximum Gasteiger partial charge on any atom is 0.151 e. The summed E-state index contributed by atoms with van der Waals surface area (Å²) < 4.78 is 5.58. The van der Waals surface area contributed by atoms with Gasteiger partial charge in [0.2, 0.25) is 0 Å². The zero-order valence-corrected chi connectivity index (χ0v) is 13.9. The number of benzene rings is 1. The number of likely N-dealkylation sites (tertiary alicyclic amines) is 1. The van der Waals surface area contributed by atoms with Crippen molar-refractivity contribution in [1.82, 2.24) is 15.0 Å². The van der Waals surface area contributed by atoms with Gasteiger partial charge >= 0.3 is 0 Å². The lowest BCUT2D eigenvalue weighted by Crippen LogP contribution is -2.23. The highest BCUT2D eigenvalue weighted by Gasteiger charge is 2.27. The number of hydrogen-bond acceptors (Lipinski definition) is 4. The van der Waals surface area contributed by atoms with Crippen LogP contribution >= 0.6 is 0 Å². The van der Waals surface area contributed by atoms with Crippen LogP contribution in [-0.2, 0) is 6.54 Å². The molecule has 0 bridgehead atoms. The summed E-state index contributed by atoms with van der Waals surface area (Å²) in [4.78, 5) is 6.55. The van der Waals surface area contributed by atoms with E-state index in [0.29, 0.717) is 6.04 Å². The molecule has 1 aromatic carbocycles. The second kappa shape index (κ2) is 6.57. The van der Waals surface area contributed by atoms with Crippen LogP contribution in [-0.4, -0.2) is 21.6 Å². The molecule has 122 valence electrons. The van der Waals surface area contributed by atoms with E-state index >= 15 is 0 Å². The molecule has 3 heterocycles. The third-order valence-electron chi connectivity index (χ3n) is 4.81. The average Bonchev–Trinajstić information content (AvgIpc) is 3.26. The van der Waals surface area contributed by atoms with Gasteiger partial charge in [0.05, 0.1) is 6.54 Å². The lowest BCUT2D eigenvalue weighted by atomic mass is 9.99. The first-order valence-corrected chi connectivity index (χ1v) is 8.47. The quantitative estimate of drug-likeness (QED) is 0.715. The molecule has 0 spiro atoms. The van der Waals surface area contributed by atoms with Crippen molar-refractivity contribution < 1.29 is 4.52 Å². The van der Waals surface area contributed by atoms with Gasteiger partial charge in [0.15, 0.2) is 5.76 Å². The molecule has 0 aliphatic carbocycles. The van der Waals surface area contributed by atoms with Gasteiger partial charge in [-0.2, -0.15) is 0 Å². The summed E-state index contributed by atoms with van der Waals surface area (Å²) in [6.45, 7) is 4.10. The molecule has 1 fully saturated rings. The first kappa shape index (κ1) is 15.1. The molecule has 3 aromatic rings. The molecule has 0 radical (unpaired) electrons. The van der Waals surface area contributed by atoms with Crippen LogP contribution in [0.5, 0.6) is 0 Å². The summed E-state index contributed by atoms with van der Waals surface area (Å²) in [5.74, 6) is 0.919. The molecular weight excluding hydrogens is 298 g/mol. The number of hydrogen-bond donors (Lipinski definition) is 0. The van der Waals surface area contributed by atoms with Crippen molar-refractivity contribution in [2.24, 2.45) is 0 Å². The van der Waals surface area contributed by atoms with Gasteiger partial charge < -0.3 is 4.52 Å². The summed E-state index contributed by atoms with van der Waals surface area (Å²) in [6.07, 6.45) is 5.98. The van der Waals surface area contributed by atoms with E-state index in [1.54, 1.807) is 12.4 Å². The summed E-state index contributed by atoms with van der Waals surface area (Å²) in [5, 5.41) is 4.21. The Morgan fingerprint density at radius 3 is 2.83 bits per heavy atom. The van der Waals surface area contributed by atoms with Crippen LogP contribution in [0.4, 0.5) is 0 Å². The van der Waals surface area contributed by atoms with Gasteiger partial charge in [0.1, 0.15) is 5.69 Å². The van der Waals surface area contributed by atoms with Crippen LogP contribution in [0, 0.1) is 6.92 Å².